The maximum absolute atomic E-state index is 5.85. The van der Waals surface area contributed by atoms with Crippen molar-refractivity contribution in [3.63, 3.8) is 0 Å². The minimum Gasteiger partial charge on any atom is -0.460 e. The summed E-state index contributed by atoms with van der Waals surface area (Å²) >= 11 is 5.78. The molecule has 0 spiro atoms. The Labute approximate surface area is 108 Å². The number of hydrogen-bond donors (Lipinski definition) is 0. The highest BCUT2D eigenvalue weighted by molar-refractivity contribution is 6.17. The first-order chi connectivity index (χ1) is 8.29. The van der Waals surface area contributed by atoms with Crippen molar-refractivity contribution in [3.8, 4) is 6.01 Å². The van der Waals surface area contributed by atoms with Crippen molar-refractivity contribution in [3.05, 3.63) is 17.5 Å². The van der Waals surface area contributed by atoms with E-state index in [0.29, 0.717) is 18.0 Å². The third kappa shape index (κ3) is 3.56. The SMILES string of the molecule is Cc1nc(OC2CCCCCC2)ncc1CCl. The molecule has 0 aromatic carbocycles. The smallest absolute Gasteiger partial charge is 0.316 e. The van der Waals surface area contributed by atoms with Crippen molar-refractivity contribution in [1.82, 2.24) is 9.97 Å². The normalized spacial score (nSPS) is 17.8. The maximum Gasteiger partial charge on any atom is 0.316 e. The summed E-state index contributed by atoms with van der Waals surface area (Å²) in [5, 5.41) is 0. The van der Waals surface area contributed by atoms with Crippen LogP contribution in [0.3, 0.4) is 0 Å². The van der Waals surface area contributed by atoms with Crippen LogP contribution in [-0.4, -0.2) is 16.1 Å². The van der Waals surface area contributed by atoms with Gasteiger partial charge in [0.05, 0.1) is 5.88 Å². The molecule has 0 radical (unpaired) electrons. The summed E-state index contributed by atoms with van der Waals surface area (Å²) in [6.07, 6.45) is 9.46. The van der Waals surface area contributed by atoms with E-state index in [2.05, 4.69) is 9.97 Å². The van der Waals surface area contributed by atoms with Gasteiger partial charge in [-0.1, -0.05) is 12.8 Å². The number of rotatable bonds is 3. The lowest BCUT2D eigenvalue weighted by molar-refractivity contribution is 0.167. The fourth-order valence-corrected chi connectivity index (χ4v) is 2.43. The third-order valence-electron chi connectivity index (χ3n) is 3.28. The lowest BCUT2D eigenvalue weighted by Gasteiger charge is -2.15. The van der Waals surface area contributed by atoms with Crippen LogP contribution in [0.4, 0.5) is 0 Å². The molecular weight excluding hydrogens is 236 g/mol. The molecule has 0 N–H and O–H groups in total. The Morgan fingerprint density at radius 2 is 2.00 bits per heavy atom. The summed E-state index contributed by atoms with van der Waals surface area (Å²) in [6, 6.07) is 0.503. The van der Waals surface area contributed by atoms with E-state index in [-0.39, 0.29) is 0 Å². The first-order valence-electron chi connectivity index (χ1n) is 6.34. The number of alkyl halides is 1. The molecule has 3 nitrogen and oxygen atoms in total. The molecule has 1 aliphatic rings. The van der Waals surface area contributed by atoms with Gasteiger partial charge < -0.3 is 4.74 Å². The van der Waals surface area contributed by atoms with Crippen molar-refractivity contribution in [1.29, 1.82) is 0 Å². The monoisotopic (exact) mass is 254 g/mol. The molecular formula is C13H19ClN2O. The molecule has 94 valence electrons. The first kappa shape index (κ1) is 12.6. The molecule has 0 amide bonds. The lowest BCUT2D eigenvalue weighted by atomic mass is 10.2. The Balaban J connectivity index is 1.99. The van der Waals surface area contributed by atoms with Crippen molar-refractivity contribution in [2.24, 2.45) is 0 Å². The quantitative estimate of drug-likeness (QED) is 0.610. The zero-order chi connectivity index (χ0) is 12.1. The van der Waals surface area contributed by atoms with Crippen LogP contribution in [0, 0.1) is 6.92 Å². The van der Waals surface area contributed by atoms with E-state index in [1.807, 2.05) is 6.92 Å². The second-order valence-electron chi connectivity index (χ2n) is 4.63. The number of halogens is 1. The number of ether oxygens (including phenoxy) is 1. The lowest BCUT2D eigenvalue weighted by Crippen LogP contribution is -2.17. The molecule has 0 unspecified atom stereocenters. The van der Waals surface area contributed by atoms with Gasteiger partial charge >= 0.3 is 6.01 Å². The molecule has 0 bridgehead atoms. The van der Waals surface area contributed by atoms with Gasteiger partial charge in [-0.2, -0.15) is 0 Å². The summed E-state index contributed by atoms with van der Waals surface area (Å²) in [6.45, 7) is 1.94. The van der Waals surface area contributed by atoms with Gasteiger partial charge in [0.1, 0.15) is 6.10 Å². The predicted octanol–water partition coefficient (Wildman–Crippen LogP) is 3.63. The zero-order valence-electron chi connectivity index (χ0n) is 10.3. The highest BCUT2D eigenvalue weighted by Gasteiger charge is 2.15. The molecule has 1 aromatic heterocycles. The summed E-state index contributed by atoms with van der Waals surface area (Å²) in [7, 11) is 0. The topological polar surface area (TPSA) is 35.0 Å². The standard InChI is InChI=1S/C13H19ClN2O/c1-10-11(8-14)9-15-13(16-10)17-12-6-4-2-3-5-7-12/h9,12H,2-8H2,1H3. The summed E-state index contributed by atoms with van der Waals surface area (Å²) in [5.41, 5.74) is 1.89. The molecule has 2 rings (SSSR count). The Morgan fingerprint density at radius 1 is 1.29 bits per heavy atom. The van der Waals surface area contributed by atoms with E-state index in [1.165, 1.54) is 25.7 Å². The van der Waals surface area contributed by atoms with Gasteiger partial charge in [-0.3, -0.25) is 0 Å². The Hall–Kier alpha value is -0.830. The van der Waals surface area contributed by atoms with E-state index in [0.717, 1.165) is 24.1 Å². The van der Waals surface area contributed by atoms with Crippen molar-refractivity contribution in [2.75, 3.05) is 0 Å². The number of hydrogen-bond acceptors (Lipinski definition) is 3. The molecule has 1 aliphatic carbocycles. The minimum atomic E-state index is 0.291. The number of nitrogens with zero attached hydrogens (tertiary/aromatic N) is 2. The van der Waals surface area contributed by atoms with Gasteiger partial charge in [0.2, 0.25) is 0 Å². The van der Waals surface area contributed by atoms with E-state index >= 15 is 0 Å². The number of aromatic nitrogens is 2. The van der Waals surface area contributed by atoms with Crippen LogP contribution in [-0.2, 0) is 5.88 Å². The van der Waals surface area contributed by atoms with Gasteiger partial charge in [-0.05, 0) is 32.6 Å². The number of aryl methyl sites for hydroxylation is 1. The van der Waals surface area contributed by atoms with Crippen LogP contribution in [0.5, 0.6) is 6.01 Å². The van der Waals surface area contributed by atoms with Gasteiger partial charge in [0.25, 0.3) is 0 Å². The first-order valence-corrected chi connectivity index (χ1v) is 6.88. The molecule has 0 saturated heterocycles. The average Bonchev–Trinajstić information content (AvgIpc) is 2.58. The molecule has 0 aliphatic heterocycles. The van der Waals surface area contributed by atoms with Crippen molar-refractivity contribution < 1.29 is 4.74 Å². The highest BCUT2D eigenvalue weighted by Crippen LogP contribution is 2.21. The third-order valence-corrected chi connectivity index (χ3v) is 3.57. The highest BCUT2D eigenvalue weighted by atomic mass is 35.5. The maximum atomic E-state index is 5.85. The minimum absolute atomic E-state index is 0.291. The Morgan fingerprint density at radius 3 is 2.59 bits per heavy atom. The fourth-order valence-electron chi connectivity index (χ4n) is 2.17. The molecule has 4 heteroatoms. The molecule has 1 aromatic rings. The summed E-state index contributed by atoms with van der Waals surface area (Å²) in [4.78, 5) is 8.57. The molecule has 1 fully saturated rings. The molecule has 1 heterocycles. The van der Waals surface area contributed by atoms with Crippen LogP contribution in [0.2, 0.25) is 0 Å². The van der Waals surface area contributed by atoms with Crippen molar-refractivity contribution >= 4 is 11.6 Å². The van der Waals surface area contributed by atoms with Gasteiger partial charge in [-0.25, -0.2) is 9.97 Å². The molecule has 0 atom stereocenters. The summed E-state index contributed by atoms with van der Waals surface area (Å²) < 4.78 is 5.85. The van der Waals surface area contributed by atoms with Crippen LogP contribution < -0.4 is 4.74 Å². The summed E-state index contributed by atoms with van der Waals surface area (Å²) in [5.74, 6) is 0.454. The van der Waals surface area contributed by atoms with Crippen LogP contribution in [0.25, 0.3) is 0 Å². The van der Waals surface area contributed by atoms with Crippen LogP contribution in [0.15, 0.2) is 6.20 Å². The second-order valence-corrected chi connectivity index (χ2v) is 4.90. The average molecular weight is 255 g/mol. The second kappa shape index (κ2) is 6.20. The van der Waals surface area contributed by atoms with Crippen molar-refractivity contribution in [2.45, 2.75) is 57.4 Å². The van der Waals surface area contributed by atoms with Gasteiger partial charge in [0, 0.05) is 17.5 Å². The zero-order valence-corrected chi connectivity index (χ0v) is 11.0. The largest absolute Gasteiger partial charge is 0.460 e. The van der Waals surface area contributed by atoms with Gasteiger partial charge in [-0.15, -0.1) is 11.6 Å². The Kier molecular flexibility index (Phi) is 4.60. The van der Waals surface area contributed by atoms with Crippen LogP contribution >= 0.6 is 11.6 Å². The fraction of sp³-hybridized carbons (Fsp3) is 0.692. The predicted molar refractivity (Wildman–Crippen MR) is 68.4 cm³/mol. The van der Waals surface area contributed by atoms with Crippen LogP contribution in [0.1, 0.15) is 49.8 Å². The van der Waals surface area contributed by atoms with E-state index in [9.17, 15) is 0 Å². The Bertz CT molecular complexity index is 362. The van der Waals surface area contributed by atoms with E-state index < -0.39 is 0 Å². The van der Waals surface area contributed by atoms with Gasteiger partial charge in [0.15, 0.2) is 0 Å². The van der Waals surface area contributed by atoms with E-state index in [1.54, 1.807) is 6.20 Å². The molecule has 17 heavy (non-hydrogen) atoms. The van der Waals surface area contributed by atoms with E-state index in [4.69, 9.17) is 16.3 Å². The molecule has 1 saturated carbocycles.